The summed E-state index contributed by atoms with van der Waals surface area (Å²) in [7, 11) is 1.65. The molecule has 31 heavy (non-hydrogen) atoms. The lowest BCUT2D eigenvalue weighted by Crippen LogP contribution is -2.50. The molecule has 0 bridgehead atoms. The summed E-state index contributed by atoms with van der Waals surface area (Å²) in [4.78, 5) is 29.1. The first-order valence-corrected chi connectivity index (χ1v) is 10.8. The van der Waals surface area contributed by atoms with E-state index in [-0.39, 0.29) is 18.0 Å². The van der Waals surface area contributed by atoms with Crippen molar-refractivity contribution in [2.75, 3.05) is 38.2 Å². The van der Waals surface area contributed by atoms with E-state index in [0.717, 1.165) is 34.6 Å². The molecule has 3 aromatic rings. The Balaban J connectivity index is 1.40. The van der Waals surface area contributed by atoms with Crippen LogP contribution >= 0.6 is 15.9 Å². The zero-order chi connectivity index (χ0) is 21.8. The van der Waals surface area contributed by atoms with Gasteiger partial charge in [-0.05, 0) is 42.5 Å². The van der Waals surface area contributed by atoms with Crippen molar-refractivity contribution in [3.63, 3.8) is 0 Å². The number of rotatable bonds is 5. The van der Waals surface area contributed by atoms with Crippen molar-refractivity contribution < 1.29 is 9.53 Å². The molecule has 1 aliphatic rings. The largest absolute Gasteiger partial charge is 0.497 e. The lowest BCUT2D eigenvalue weighted by molar-refractivity contribution is -0.132. The molecule has 1 aliphatic heterocycles. The maximum atomic E-state index is 12.8. The topological polar surface area (TPSA) is 67.7 Å². The number of carbonyl (C=O) groups excluding carboxylic acids is 1. The maximum Gasteiger partial charge on any atom is 0.267 e. The third-order valence-electron chi connectivity index (χ3n) is 5.36. The molecule has 0 atom stereocenters. The molecule has 1 aromatic heterocycles. The molecule has 2 aromatic carbocycles. The van der Waals surface area contributed by atoms with Gasteiger partial charge in [-0.1, -0.05) is 28.1 Å². The molecule has 0 radical (unpaired) electrons. The van der Waals surface area contributed by atoms with Crippen molar-refractivity contribution in [3.05, 3.63) is 75.5 Å². The first-order valence-electron chi connectivity index (χ1n) is 10.0. The summed E-state index contributed by atoms with van der Waals surface area (Å²) in [6, 6.07) is 18.7. The second-order valence-electron chi connectivity index (χ2n) is 7.29. The summed E-state index contributed by atoms with van der Waals surface area (Å²) in [6.45, 7) is 2.61. The van der Waals surface area contributed by atoms with Crippen LogP contribution in [0.4, 0.5) is 5.69 Å². The van der Waals surface area contributed by atoms with E-state index >= 15 is 0 Å². The van der Waals surface area contributed by atoms with E-state index in [0.29, 0.717) is 18.8 Å². The van der Waals surface area contributed by atoms with E-state index in [1.165, 1.54) is 10.7 Å². The first kappa shape index (κ1) is 21.1. The highest BCUT2D eigenvalue weighted by Gasteiger charge is 2.22. The summed E-state index contributed by atoms with van der Waals surface area (Å²) in [6.07, 6.45) is 0. The molecule has 0 aliphatic carbocycles. The van der Waals surface area contributed by atoms with Gasteiger partial charge in [0, 0.05) is 48.0 Å². The van der Waals surface area contributed by atoms with Crippen molar-refractivity contribution in [3.8, 4) is 17.0 Å². The smallest absolute Gasteiger partial charge is 0.267 e. The Morgan fingerprint density at radius 2 is 1.65 bits per heavy atom. The second kappa shape index (κ2) is 9.34. The van der Waals surface area contributed by atoms with Crippen molar-refractivity contribution in [1.29, 1.82) is 0 Å². The minimum absolute atomic E-state index is 0.0638. The number of amides is 1. The Morgan fingerprint density at radius 3 is 2.29 bits per heavy atom. The van der Waals surface area contributed by atoms with Crippen LogP contribution in [0.3, 0.4) is 0 Å². The summed E-state index contributed by atoms with van der Waals surface area (Å²) >= 11 is 3.41. The fourth-order valence-corrected chi connectivity index (χ4v) is 3.84. The molecule has 4 rings (SSSR count). The Labute approximate surface area is 189 Å². The minimum atomic E-state index is -0.286. The minimum Gasteiger partial charge on any atom is -0.497 e. The van der Waals surface area contributed by atoms with Crippen molar-refractivity contribution >= 4 is 27.5 Å². The number of hydrogen-bond donors (Lipinski definition) is 0. The average molecular weight is 483 g/mol. The van der Waals surface area contributed by atoms with Crippen LogP contribution in [0.1, 0.15) is 0 Å². The molecule has 2 heterocycles. The van der Waals surface area contributed by atoms with E-state index in [9.17, 15) is 9.59 Å². The van der Waals surface area contributed by atoms with Crippen LogP contribution < -0.4 is 15.2 Å². The number of aromatic nitrogens is 2. The number of benzene rings is 2. The Bertz CT molecular complexity index is 1100. The normalized spacial score (nSPS) is 13.9. The molecule has 0 spiro atoms. The third kappa shape index (κ3) is 4.96. The van der Waals surface area contributed by atoms with Gasteiger partial charge in [0.1, 0.15) is 12.3 Å². The van der Waals surface area contributed by atoms with Gasteiger partial charge in [0.25, 0.3) is 5.56 Å². The van der Waals surface area contributed by atoms with E-state index in [4.69, 9.17) is 4.74 Å². The predicted molar refractivity (Wildman–Crippen MR) is 123 cm³/mol. The van der Waals surface area contributed by atoms with E-state index < -0.39 is 0 Å². The first-order chi connectivity index (χ1) is 15.0. The van der Waals surface area contributed by atoms with Crippen molar-refractivity contribution in [2.24, 2.45) is 0 Å². The summed E-state index contributed by atoms with van der Waals surface area (Å²) in [5.74, 6) is 0.720. The lowest BCUT2D eigenvalue weighted by Gasteiger charge is -2.36. The SMILES string of the molecule is COc1ccc(N2CCN(C(=O)Cn3nc(-c4ccc(Br)cc4)ccc3=O)CC2)cc1. The predicted octanol–water partition coefficient (Wildman–Crippen LogP) is 3.03. The third-order valence-corrected chi connectivity index (χ3v) is 5.89. The fraction of sp³-hybridized carbons (Fsp3) is 0.261. The van der Waals surface area contributed by atoms with Crippen LogP contribution in [0.25, 0.3) is 11.3 Å². The van der Waals surface area contributed by atoms with E-state index in [1.54, 1.807) is 18.1 Å². The Morgan fingerprint density at radius 1 is 0.968 bits per heavy atom. The second-order valence-corrected chi connectivity index (χ2v) is 8.20. The standard InChI is InChI=1S/C23H23BrN4O3/c1-31-20-8-6-19(7-9-20)26-12-14-27(15-13-26)23(30)16-28-22(29)11-10-21(25-28)17-2-4-18(24)5-3-17/h2-11H,12-16H2,1H3. The molecule has 160 valence electrons. The number of ether oxygens (including phenoxy) is 1. The van der Waals surface area contributed by atoms with E-state index in [1.807, 2.05) is 48.5 Å². The number of nitrogens with zero attached hydrogens (tertiary/aromatic N) is 4. The van der Waals surface area contributed by atoms with Crippen molar-refractivity contribution in [1.82, 2.24) is 14.7 Å². The fourth-order valence-electron chi connectivity index (χ4n) is 3.57. The number of carbonyl (C=O) groups is 1. The molecule has 1 saturated heterocycles. The molecule has 8 heteroatoms. The molecule has 1 amide bonds. The molecule has 1 fully saturated rings. The van der Waals surface area contributed by atoms with Crippen LogP contribution in [-0.2, 0) is 11.3 Å². The van der Waals surface area contributed by atoms with Crippen LogP contribution in [0.15, 0.2) is 69.9 Å². The van der Waals surface area contributed by atoms with Crippen molar-refractivity contribution in [2.45, 2.75) is 6.54 Å². The van der Waals surface area contributed by atoms with Crippen LogP contribution in [0.2, 0.25) is 0 Å². The highest BCUT2D eigenvalue weighted by molar-refractivity contribution is 9.10. The summed E-state index contributed by atoms with van der Waals surface area (Å²) in [5.41, 5.74) is 2.36. The number of hydrogen-bond acceptors (Lipinski definition) is 5. The van der Waals surface area contributed by atoms with Gasteiger partial charge in [0.15, 0.2) is 0 Å². The lowest BCUT2D eigenvalue weighted by atomic mass is 10.1. The highest BCUT2D eigenvalue weighted by Crippen LogP contribution is 2.21. The molecular formula is C23H23BrN4O3. The number of halogens is 1. The van der Waals surface area contributed by atoms with Crippen LogP contribution in [-0.4, -0.2) is 53.9 Å². The maximum absolute atomic E-state index is 12.8. The van der Waals surface area contributed by atoms with Gasteiger partial charge >= 0.3 is 0 Å². The van der Waals surface area contributed by atoms with Gasteiger partial charge in [-0.25, -0.2) is 4.68 Å². The Hall–Kier alpha value is -3.13. The van der Waals surface area contributed by atoms with E-state index in [2.05, 4.69) is 25.9 Å². The van der Waals surface area contributed by atoms with Gasteiger partial charge < -0.3 is 14.5 Å². The molecule has 0 saturated carbocycles. The van der Waals surface area contributed by atoms with Gasteiger partial charge in [-0.3, -0.25) is 9.59 Å². The molecule has 0 unspecified atom stereocenters. The van der Waals surface area contributed by atoms with Gasteiger partial charge in [-0.2, -0.15) is 5.10 Å². The van der Waals surface area contributed by atoms with Gasteiger partial charge in [-0.15, -0.1) is 0 Å². The number of piperazine rings is 1. The van der Waals surface area contributed by atoms with Crippen LogP contribution in [0, 0.1) is 0 Å². The zero-order valence-electron chi connectivity index (χ0n) is 17.2. The molecule has 7 nitrogen and oxygen atoms in total. The molecule has 0 N–H and O–H groups in total. The number of methoxy groups -OCH3 is 1. The highest BCUT2D eigenvalue weighted by atomic mass is 79.9. The summed E-state index contributed by atoms with van der Waals surface area (Å²) in [5, 5.41) is 4.40. The zero-order valence-corrected chi connectivity index (χ0v) is 18.8. The van der Waals surface area contributed by atoms with Gasteiger partial charge in [0.05, 0.1) is 12.8 Å². The Kier molecular flexibility index (Phi) is 6.36. The molecular weight excluding hydrogens is 460 g/mol. The monoisotopic (exact) mass is 482 g/mol. The quantitative estimate of drug-likeness (QED) is 0.558. The van der Waals surface area contributed by atoms with Gasteiger partial charge in [0.2, 0.25) is 5.91 Å². The average Bonchev–Trinajstić information content (AvgIpc) is 2.81. The van der Waals surface area contributed by atoms with Crippen LogP contribution in [0.5, 0.6) is 5.75 Å². The number of anilines is 1. The summed E-state index contributed by atoms with van der Waals surface area (Å²) < 4.78 is 7.42.